The first-order chi connectivity index (χ1) is 8.30. The Labute approximate surface area is 117 Å². The van der Waals surface area contributed by atoms with Crippen LogP contribution in [0.1, 0.15) is 66.7 Å². The molecule has 0 saturated heterocycles. The molecule has 106 valence electrons. The summed E-state index contributed by atoms with van der Waals surface area (Å²) in [5.41, 5.74) is -0.287. The summed E-state index contributed by atoms with van der Waals surface area (Å²) in [5, 5.41) is 11.8. The van der Waals surface area contributed by atoms with Crippen LogP contribution in [0.4, 0.5) is 0 Å². The maximum atomic E-state index is 10.7. The van der Waals surface area contributed by atoms with Crippen LogP contribution in [0.25, 0.3) is 0 Å². The second-order valence-electron chi connectivity index (χ2n) is 6.62. The van der Waals surface area contributed by atoms with Crippen LogP contribution in [0.5, 0.6) is 0 Å². The standard InChI is InChI=1S/C15H29NOS/c1-6-8-15(17,9-7-2)10-13-16-12(11-18-13)14(3,4)5/h12,17H,6-11H2,1-5H3/t12-/m0/s1. The van der Waals surface area contributed by atoms with Crippen molar-refractivity contribution in [2.24, 2.45) is 10.4 Å². The Hall–Kier alpha value is -0.0200. The quantitative estimate of drug-likeness (QED) is 0.782. The zero-order valence-electron chi connectivity index (χ0n) is 12.6. The minimum Gasteiger partial charge on any atom is -0.389 e. The number of hydrogen-bond donors (Lipinski definition) is 1. The van der Waals surface area contributed by atoms with Crippen LogP contribution in [0.2, 0.25) is 0 Å². The zero-order chi connectivity index (χ0) is 13.8. The van der Waals surface area contributed by atoms with Gasteiger partial charge in [0.25, 0.3) is 0 Å². The molecule has 0 aliphatic carbocycles. The van der Waals surface area contributed by atoms with Gasteiger partial charge in [-0.15, -0.1) is 11.8 Å². The van der Waals surface area contributed by atoms with E-state index in [1.807, 2.05) is 11.8 Å². The summed E-state index contributed by atoms with van der Waals surface area (Å²) in [6, 6.07) is 0.407. The highest BCUT2D eigenvalue weighted by atomic mass is 32.2. The average Bonchev–Trinajstić information content (AvgIpc) is 2.65. The fraction of sp³-hybridized carbons (Fsp3) is 0.933. The van der Waals surface area contributed by atoms with E-state index >= 15 is 0 Å². The molecular weight excluding hydrogens is 242 g/mol. The Morgan fingerprint density at radius 1 is 1.22 bits per heavy atom. The van der Waals surface area contributed by atoms with E-state index in [1.165, 1.54) is 5.04 Å². The van der Waals surface area contributed by atoms with E-state index in [0.717, 1.165) is 37.9 Å². The molecule has 1 heterocycles. The summed E-state index contributed by atoms with van der Waals surface area (Å²) < 4.78 is 0. The molecule has 1 aliphatic rings. The minimum atomic E-state index is -0.526. The van der Waals surface area contributed by atoms with Gasteiger partial charge in [0.1, 0.15) is 0 Å². The molecule has 1 atom stereocenters. The van der Waals surface area contributed by atoms with Gasteiger partial charge in [-0.2, -0.15) is 0 Å². The molecule has 0 bridgehead atoms. The SMILES string of the molecule is CCCC(O)(CCC)CC1=N[C@H](C(C)(C)C)CS1. The van der Waals surface area contributed by atoms with Crippen LogP contribution < -0.4 is 0 Å². The molecule has 0 aromatic heterocycles. The topological polar surface area (TPSA) is 32.6 Å². The molecule has 3 heteroatoms. The van der Waals surface area contributed by atoms with Gasteiger partial charge in [0, 0.05) is 12.2 Å². The Kier molecular flexibility index (Phi) is 5.72. The number of nitrogens with zero attached hydrogens (tertiary/aromatic N) is 1. The smallest absolute Gasteiger partial charge is 0.0709 e. The monoisotopic (exact) mass is 271 g/mol. The first kappa shape index (κ1) is 16.0. The number of rotatable bonds is 6. The number of thioether (sulfide) groups is 1. The van der Waals surface area contributed by atoms with Crippen LogP contribution >= 0.6 is 11.8 Å². The van der Waals surface area contributed by atoms with Crippen molar-refractivity contribution in [2.45, 2.75) is 78.4 Å². The van der Waals surface area contributed by atoms with Crippen LogP contribution in [0, 0.1) is 5.41 Å². The van der Waals surface area contributed by atoms with Crippen molar-refractivity contribution < 1.29 is 5.11 Å². The first-order valence-electron chi connectivity index (χ1n) is 7.22. The summed E-state index contributed by atoms with van der Waals surface area (Å²) in [4.78, 5) is 4.83. The molecule has 0 unspecified atom stereocenters. The molecule has 0 amide bonds. The van der Waals surface area contributed by atoms with E-state index in [1.54, 1.807) is 0 Å². The van der Waals surface area contributed by atoms with Crippen LogP contribution in [0.15, 0.2) is 4.99 Å². The first-order valence-corrected chi connectivity index (χ1v) is 8.21. The third-order valence-electron chi connectivity index (χ3n) is 3.62. The average molecular weight is 271 g/mol. The van der Waals surface area contributed by atoms with Gasteiger partial charge in [-0.25, -0.2) is 0 Å². The van der Waals surface area contributed by atoms with Crippen molar-refractivity contribution in [1.29, 1.82) is 0 Å². The van der Waals surface area contributed by atoms with E-state index < -0.39 is 5.60 Å². The molecule has 0 radical (unpaired) electrons. The lowest BCUT2D eigenvalue weighted by molar-refractivity contribution is 0.0291. The molecule has 1 N–H and O–H groups in total. The van der Waals surface area contributed by atoms with Crippen LogP contribution in [-0.4, -0.2) is 27.5 Å². The van der Waals surface area contributed by atoms with Crippen molar-refractivity contribution in [3.8, 4) is 0 Å². The van der Waals surface area contributed by atoms with E-state index in [-0.39, 0.29) is 5.41 Å². The Balaban J connectivity index is 2.66. The van der Waals surface area contributed by atoms with E-state index in [2.05, 4.69) is 34.6 Å². The minimum absolute atomic E-state index is 0.238. The molecule has 0 spiro atoms. The second kappa shape index (κ2) is 6.42. The maximum Gasteiger partial charge on any atom is 0.0709 e. The Bertz CT molecular complexity index is 287. The largest absolute Gasteiger partial charge is 0.389 e. The Morgan fingerprint density at radius 2 is 1.78 bits per heavy atom. The van der Waals surface area contributed by atoms with E-state index in [4.69, 9.17) is 4.99 Å². The number of hydrogen-bond acceptors (Lipinski definition) is 3. The summed E-state index contributed by atoms with van der Waals surface area (Å²) in [5.74, 6) is 1.08. The molecule has 0 saturated carbocycles. The van der Waals surface area contributed by atoms with Gasteiger partial charge in [0.2, 0.25) is 0 Å². The van der Waals surface area contributed by atoms with Gasteiger partial charge in [-0.1, -0.05) is 47.5 Å². The normalized spacial score (nSPS) is 21.2. The molecule has 0 aromatic carbocycles. The predicted octanol–water partition coefficient (Wildman–Crippen LogP) is 4.27. The van der Waals surface area contributed by atoms with Crippen molar-refractivity contribution in [3.05, 3.63) is 0 Å². The highest BCUT2D eigenvalue weighted by Gasteiger charge is 2.33. The second-order valence-corrected chi connectivity index (χ2v) is 7.71. The summed E-state index contributed by atoms with van der Waals surface area (Å²) >= 11 is 1.85. The van der Waals surface area contributed by atoms with Crippen molar-refractivity contribution >= 4 is 16.8 Å². The van der Waals surface area contributed by atoms with Gasteiger partial charge >= 0.3 is 0 Å². The summed E-state index contributed by atoms with van der Waals surface area (Å²) in [6.45, 7) is 11.0. The predicted molar refractivity (Wildman–Crippen MR) is 82.5 cm³/mol. The summed E-state index contributed by atoms with van der Waals surface area (Å²) in [7, 11) is 0. The van der Waals surface area contributed by atoms with Gasteiger partial charge in [-0.3, -0.25) is 4.99 Å². The van der Waals surface area contributed by atoms with Gasteiger partial charge in [-0.05, 0) is 18.3 Å². The van der Waals surface area contributed by atoms with Crippen LogP contribution in [0.3, 0.4) is 0 Å². The molecule has 2 nitrogen and oxygen atoms in total. The third-order valence-corrected chi connectivity index (χ3v) is 4.68. The van der Waals surface area contributed by atoms with Gasteiger partial charge in [0.15, 0.2) is 0 Å². The lowest BCUT2D eigenvalue weighted by Gasteiger charge is -2.27. The maximum absolute atomic E-state index is 10.7. The lowest BCUT2D eigenvalue weighted by Crippen LogP contribution is -2.30. The molecule has 18 heavy (non-hydrogen) atoms. The van der Waals surface area contributed by atoms with Crippen molar-refractivity contribution in [1.82, 2.24) is 0 Å². The van der Waals surface area contributed by atoms with E-state index in [0.29, 0.717) is 6.04 Å². The lowest BCUT2D eigenvalue weighted by atomic mass is 9.88. The highest BCUT2D eigenvalue weighted by Crippen LogP contribution is 2.35. The highest BCUT2D eigenvalue weighted by molar-refractivity contribution is 8.14. The molecule has 1 aliphatic heterocycles. The fourth-order valence-corrected chi connectivity index (χ4v) is 3.98. The summed E-state index contributed by atoms with van der Waals surface area (Å²) in [6.07, 6.45) is 4.61. The van der Waals surface area contributed by atoms with Crippen molar-refractivity contribution in [3.63, 3.8) is 0 Å². The van der Waals surface area contributed by atoms with Crippen molar-refractivity contribution in [2.75, 3.05) is 5.75 Å². The molecule has 1 rings (SSSR count). The fourth-order valence-electron chi connectivity index (χ4n) is 2.48. The van der Waals surface area contributed by atoms with Gasteiger partial charge < -0.3 is 5.11 Å². The molecular formula is C15H29NOS. The van der Waals surface area contributed by atoms with Gasteiger partial charge in [0.05, 0.1) is 16.7 Å². The third kappa shape index (κ3) is 4.58. The number of aliphatic imine (C=N–C) groups is 1. The van der Waals surface area contributed by atoms with E-state index in [9.17, 15) is 5.11 Å². The number of aliphatic hydroxyl groups is 1. The molecule has 0 aromatic rings. The van der Waals surface area contributed by atoms with Crippen LogP contribution in [-0.2, 0) is 0 Å². The molecule has 0 fully saturated rings. The zero-order valence-corrected chi connectivity index (χ0v) is 13.4. The Morgan fingerprint density at radius 3 is 2.17 bits per heavy atom.